The van der Waals surface area contributed by atoms with Gasteiger partial charge < -0.3 is 9.64 Å². The highest BCUT2D eigenvalue weighted by Gasteiger charge is 2.15. The quantitative estimate of drug-likeness (QED) is 0.815. The lowest BCUT2D eigenvalue weighted by Crippen LogP contribution is -2.35. The molecular formula is C12H13N3OS. The van der Waals surface area contributed by atoms with Crippen LogP contribution in [-0.2, 0) is 4.74 Å². The largest absolute Gasteiger partial charge is 0.378 e. The van der Waals surface area contributed by atoms with E-state index in [1.54, 1.807) is 23.7 Å². The predicted octanol–water partition coefficient (Wildman–Crippen LogP) is 2.17. The first-order valence-corrected chi connectivity index (χ1v) is 6.40. The molecule has 1 aliphatic rings. The van der Waals surface area contributed by atoms with Crippen molar-refractivity contribution in [2.75, 3.05) is 31.2 Å². The van der Waals surface area contributed by atoms with E-state index in [-0.39, 0.29) is 0 Å². The number of rotatable bonds is 2. The van der Waals surface area contributed by atoms with E-state index < -0.39 is 0 Å². The van der Waals surface area contributed by atoms with Crippen molar-refractivity contribution in [2.45, 2.75) is 0 Å². The monoisotopic (exact) mass is 247 g/mol. The highest BCUT2D eigenvalue weighted by atomic mass is 32.1. The number of hydrogen-bond acceptors (Lipinski definition) is 5. The molecule has 0 saturated carbocycles. The van der Waals surface area contributed by atoms with Crippen molar-refractivity contribution >= 4 is 32.6 Å². The first-order valence-electron chi connectivity index (χ1n) is 5.58. The molecule has 0 atom stereocenters. The summed E-state index contributed by atoms with van der Waals surface area (Å²) in [6, 6.07) is 2.12. The maximum absolute atomic E-state index is 5.36. The molecule has 5 heteroatoms. The van der Waals surface area contributed by atoms with Crippen molar-refractivity contribution in [3.8, 4) is 0 Å². The van der Waals surface area contributed by atoms with Gasteiger partial charge in [-0.05, 0) is 12.1 Å². The summed E-state index contributed by atoms with van der Waals surface area (Å²) in [6.07, 6.45) is 3.37. The first kappa shape index (κ1) is 10.7. The molecule has 0 unspecified atom stereocenters. The van der Waals surface area contributed by atoms with Crippen molar-refractivity contribution in [1.82, 2.24) is 9.97 Å². The minimum atomic E-state index is 0.800. The minimum absolute atomic E-state index is 0.800. The Kier molecular flexibility index (Phi) is 2.78. The molecule has 4 nitrogen and oxygen atoms in total. The Balaban J connectivity index is 2.03. The van der Waals surface area contributed by atoms with Crippen LogP contribution in [0, 0.1) is 0 Å². The number of anilines is 1. The van der Waals surface area contributed by atoms with Gasteiger partial charge in [0.1, 0.15) is 6.33 Å². The number of fused-ring (bicyclic) bond motifs is 1. The molecule has 88 valence electrons. The second-order valence-electron chi connectivity index (χ2n) is 3.86. The number of morpholine rings is 1. The third kappa shape index (κ3) is 1.92. The van der Waals surface area contributed by atoms with Crippen LogP contribution in [0.2, 0.25) is 0 Å². The van der Waals surface area contributed by atoms with Crippen LogP contribution in [0.1, 0.15) is 5.69 Å². The molecule has 3 rings (SSSR count). The Labute approximate surface area is 104 Å². The summed E-state index contributed by atoms with van der Waals surface area (Å²) in [6.45, 7) is 7.28. The molecule has 0 aromatic carbocycles. The second-order valence-corrected chi connectivity index (χ2v) is 4.89. The fraction of sp³-hybridized carbons (Fsp3) is 0.333. The lowest BCUT2D eigenvalue weighted by molar-refractivity contribution is 0.123. The Morgan fingerprint density at radius 3 is 2.94 bits per heavy atom. The number of nitrogens with zero attached hydrogens (tertiary/aromatic N) is 3. The molecular weight excluding hydrogens is 234 g/mol. The molecule has 0 bridgehead atoms. The fourth-order valence-electron chi connectivity index (χ4n) is 1.95. The van der Waals surface area contributed by atoms with Gasteiger partial charge in [0.15, 0.2) is 0 Å². The molecule has 0 N–H and O–H groups in total. The Bertz CT molecular complexity index is 546. The lowest BCUT2D eigenvalue weighted by Gasteiger charge is -2.27. The fourth-order valence-corrected chi connectivity index (χ4v) is 3.09. The van der Waals surface area contributed by atoms with Crippen molar-refractivity contribution in [3.63, 3.8) is 0 Å². The van der Waals surface area contributed by atoms with Gasteiger partial charge in [0, 0.05) is 13.1 Å². The number of ether oxygens (including phenoxy) is 1. The van der Waals surface area contributed by atoms with Gasteiger partial charge in [0.25, 0.3) is 0 Å². The maximum Gasteiger partial charge on any atom is 0.116 e. The van der Waals surface area contributed by atoms with Gasteiger partial charge in [-0.1, -0.05) is 6.58 Å². The average Bonchev–Trinajstić information content (AvgIpc) is 2.83. The smallest absolute Gasteiger partial charge is 0.116 e. The van der Waals surface area contributed by atoms with E-state index in [0.717, 1.165) is 42.2 Å². The van der Waals surface area contributed by atoms with Crippen LogP contribution in [0.15, 0.2) is 19.0 Å². The van der Waals surface area contributed by atoms with E-state index in [9.17, 15) is 0 Å². The molecule has 17 heavy (non-hydrogen) atoms. The molecule has 0 aliphatic carbocycles. The van der Waals surface area contributed by atoms with Crippen LogP contribution >= 0.6 is 11.3 Å². The minimum Gasteiger partial charge on any atom is -0.378 e. The highest BCUT2D eigenvalue weighted by Crippen LogP contribution is 2.33. The zero-order chi connectivity index (χ0) is 11.7. The molecule has 0 amide bonds. The van der Waals surface area contributed by atoms with Gasteiger partial charge in [-0.3, -0.25) is 0 Å². The van der Waals surface area contributed by atoms with Gasteiger partial charge >= 0.3 is 0 Å². The number of hydrogen-bond donors (Lipinski definition) is 0. The first-order chi connectivity index (χ1) is 8.38. The van der Waals surface area contributed by atoms with Crippen LogP contribution in [0.4, 0.5) is 5.00 Å². The van der Waals surface area contributed by atoms with Crippen molar-refractivity contribution in [2.24, 2.45) is 0 Å². The normalized spacial score (nSPS) is 16.4. The Hall–Kier alpha value is -1.46. The van der Waals surface area contributed by atoms with Gasteiger partial charge in [-0.25, -0.2) is 9.97 Å². The van der Waals surface area contributed by atoms with E-state index in [2.05, 4.69) is 27.5 Å². The lowest BCUT2D eigenvalue weighted by atomic mass is 10.3. The summed E-state index contributed by atoms with van der Waals surface area (Å²) < 4.78 is 6.47. The van der Waals surface area contributed by atoms with Crippen LogP contribution in [0.3, 0.4) is 0 Å². The van der Waals surface area contributed by atoms with Crippen molar-refractivity contribution in [1.29, 1.82) is 0 Å². The van der Waals surface area contributed by atoms with Crippen molar-refractivity contribution < 1.29 is 4.74 Å². The molecule has 1 fully saturated rings. The molecule has 0 spiro atoms. The van der Waals surface area contributed by atoms with E-state index in [4.69, 9.17) is 4.74 Å². The van der Waals surface area contributed by atoms with E-state index >= 15 is 0 Å². The third-order valence-electron chi connectivity index (χ3n) is 2.84. The molecule has 3 heterocycles. The molecule has 1 saturated heterocycles. The van der Waals surface area contributed by atoms with Gasteiger partial charge in [0.05, 0.1) is 34.1 Å². The summed E-state index contributed by atoms with van der Waals surface area (Å²) >= 11 is 1.73. The zero-order valence-corrected chi connectivity index (χ0v) is 10.2. The summed E-state index contributed by atoms with van der Waals surface area (Å²) in [4.78, 5) is 10.9. The number of thiophene rings is 1. The summed E-state index contributed by atoms with van der Waals surface area (Å²) in [5, 5.41) is 1.24. The summed E-state index contributed by atoms with van der Waals surface area (Å²) in [5.74, 6) is 0. The Morgan fingerprint density at radius 2 is 2.18 bits per heavy atom. The standard InChI is InChI=1S/C12H13N3OS/c1-2-9-12-10(14-8-13-9)7-11(17-12)15-3-5-16-6-4-15/h2,7-8H,1,3-6H2. The molecule has 2 aromatic heterocycles. The topological polar surface area (TPSA) is 38.2 Å². The van der Waals surface area contributed by atoms with E-state index in [1.165, 1.54) is 5.00 Å². The maximum atomic E-state index is 5.36. The summed E-state index contributed by atoms with van der Waals surface area (Å²) in [7, 11) is 0. The predicted molar refractivity (Wildman–Crippen MR) is 70.5 cm³/mol. The van der Waals surface area contributed by atoms with Crippen LogP contribution in [-0.4, -0.2) is 36.3 Å². The van der Waals surface area contributed by atoms with E-state index in [0.29, 0.717) is 0 Å². The SMILES string of the molecule is C=Cc1ncnc2cc(N3CCOCC3)sc12. The summed E-state index contributed by atoms with van der Waals surface area (Å²) in [5.41, 5.74) is 1.92. The molecule has 0 radical (unpaired) electrons. The zero-order valence-electron chi connectivity index (χ0n) is 9.43. The average molecular weight is 247 g/mol. The third-order valence-corrected chi connectivity index (χ3v) is 4.05. The Morgan fingerprint density at radius 1 is 1.35 bits per heavy atom. The highest BCUT2D eigenvalue weighted by molar-refractivity contribution is 7.23. The molecule has 2 aromatic rings. The van der Waals surface area contributed by atoms with Crippen molar-refractivity contribution in [3.05, 3.63) is 24.7 Å². The van der Waals surface area contributed by atoms with Crippen LogP contribution in [0.25, 0.3) is 16.3 Å². The van der Waals surface area contributed by atoms with Crippen LogP contribution < -0.4 is 4.90 Å². The number of aromatic nitrogens is 2. The van der Waals surface area contributed by atoms with E-state index in [1.807, 2.05) is 0 Å². The van der Waals surface area contributed by atoms with Gasteiger partial charge in [0.2, 0.25) is 0 Å². The molecule has 1 aliphatic heterocycles. The van der Waals surface area contributed by atoms with Gasteiger partial charge in [-0.15, -0.1) is 11.3 Å². The second kappa shape index (κ2) is 4.43. The van der Waals surface area contributed by atoms with Gasteiger partial charge in [-0.2, -0.15) is 0 Å². The van der Waals surface area contributed by atoms with Crippen LogP contribution in [0.5, 0.6) is 0 Å².